The Balaban J connectivity index is 0.854. The number of rotatable bonds is 18. The number of aromatic nitrogens is 2. The van der Waals surface area contributed by atoms with Crippen LogP contribution in [0, 0.1) is 41.1 Å². The highest BCUT2D eigenvalue weighted by Gasteiger charge is 2.52. The van der Waals surface area contributed by atoms with E-state index in [0.29, 0.717) is 43.5 Å². The van der Waals surface area contributed by atoms with Gasteiger partial charge in [0.15, 0.2) is 28.3 Å². The molecule has 76 heavy (non-hydrogen) atoms. The Morgan fingerprint density at radius 3 is 2.28 bits per heavy atom. The number of nitriles is 1. The van der Waals surface area contributed by atoms with Gasteiger partial charge < -0.3 is 29.9 Å². The van der Waals surface area contributed by atoms with Crippen LogP contribution in [0.25, 0.3) is 21.7 Å². The zero-order chi connectivity index (χ0) is 55.4. The minimum Gasteiger partial charge on any atom is -0.491 e. The maximum Gasteiger partial charge on any atom is 0.420 e. The molecule has 4 amide bonds. The number of benzene rings is 3. The summed E-state index contributed by atoms with van der Waals surface area (Å²) in [6, 6.07) is 13.5. The van der Waals surface area contributed by atoms with Gasteiger partial charge in [-0.05, 0) is 119 Å². The number of nitrogens with one attached hydrogen (secondary N) is 2. The molecule has 0 radical (unpaired) electrons. The molecule has 5 aromatic rings. The predicted octanol–water partition coefficient (Wildman–Crippen LogP) is 10.4. The van der Waals surface area contributed by atoms with E-state index in [1.807, 2.05) is 58.9 Å². The highest BCUT2D eigenvalue weighted by atomic mass is 32.1. The first-order valence-electron chi connectivity index (χ1n) is 24.4. The molecule has 0 unspecified atom stereocenters. The van der Waals surface area contributed by atoms with Crippen molar-refractivity contribution in [2.75, 3.05) is 36.2 Å². The molecular weight excluding hydrogens is 1030 g/mol. The molecule has 2 aliphatic rings. The SMILES string of the molecule is Cc1ncsc1-c1ccc([C@H](C)NC(=O)[C@@H]2CCCN2C(=O)[C@@H](NC(=O)COCCCCCOc2ccc(-c3ncc(N4C(=S)N(c5ccc(C#N)c(C(F)(F)F)c5F)C(=O)C4(C)C)cc3F)cc2F)C(C)(C)C)cc1. The summed E-state index contributed by atoms with van der Waals surface area (Å²) < 4.78 is 99.1. The van der Waals surface area contributed by atoms with E-state index in [1.165, 1.54) is 32.0 Å². The molecule has 4 heterocycles. The van der Waals surface area contributed by atoms with Crippen molar-refractivity contribution < 1.29 is 55.0 Å². The standard InChI is InChI=1S/C54H56F6N8O6S2/c1-30(32-13-15-33(16-14-32)46-31(2)63-29-76-46)64-48(70)40-12-11-21-66(40)49(71)47(52(3,4)5)65-42(69)28-73-22-9-8-10-23-74-41-20-18-34(24-37(41)55)45-38(56)25-36(27-62-45)68-51(75)67(50(72)53(68,6)7)39-19-17-35(26-61)43(44(39)57)54(58,59)60/h13-20,24-25,27,29-30,40,47H,8-12,21-23,28H2,1-7H3,(H,64,70)(H,65,69)/t30-,40-,47+/m0/s1. The predicted molar refractivity (Wildman–Crippen MR) is 277 cm³/mol. The lowest BCUT2D eigenvalue weighted by molar-refractivity contribution is -0.144. The number of carbonyl (C=O) groups is 4. The number of carbonyl (C=O) groups excluding carboxylic acids is 4. The third kappa shape index (κ3) is 12.2. The molecule has 7 rings (SSSR count). The number of hydrogen-bond donors (Lipinski definition) is 2. The lowest BCUT2D eigenvalue weighted by Crippen LogP contribution is -2.58. The Bertz CT molecular complexity index is 3070. The number of anilines is 2. The zero-order valence-corrected chi connectivity index (χ0v) is 44.4. The van der Waals surface area contributed by atoms with Gasteiger partial charge in [-0.3, -0.25) is 29.1 Å². The third-order valence-electron chi connectivity index (χ3n) is 13.2. The molecule has 22 heteroatoms. The molecule has 2 N–H and O–H groups in total. The molecule has 402 valence electrons. The molecule has 0 aliphatic carbocycles. The van der Waals surface area contributed by atoms with Crippen LogP contribution >= 0.6 is 23.6 Å². The van der Waals surface area contributed by atoms with Crippen molar-refractivity contribution >= 4 is 63.7 Å². The topological polar surface area (TPSA) is 170 Å². The fourth-order valence-electron chi connectivity index (χ4n) is 9.12. The van der Waals surface area contributed by atoms with Gasteiger partial charge in [-0.25, -0.2) is 18.2 Å². The average molecular weight is 1090 g/mol. The number of thiazole rings is 1. The van der Waals surface area contributed by atoms with Crippen molar-refractivity contribution in [1.29, 1.82) is 5.26 Å². The average Bonchev–Trinajstić information content (AvgIpc) is 4.07. The second-order valence-corrected chi connectivity index (χ2v) is 21.3. The number of alkyl halides is 3. The fourth-order valence-corrected chi connectivity index (χ4v) is 10.4. The van der Waals surface area contributed by atoms with Crippen molar-refractivity contribution in [1.82, 2.24) is 25.5 Å². The number of amides is 4. The molecule has 0 bridgehead atoms. The van der Waals surface area contributed by atoms with E-state index in [9.17, 15) is 37.6 Å². The molecule has 2 fully saturated rings. The number of nitrogens with zero attached hydrogens (tertiary/aromatic N) is 6. The summed E-state index contributed by atoms with van der Waals surface area (Å²) in [7, 11) is 0. The van der Waals surface area contributed by atoms with E-state index >= 15 is 13.2 Å². The minimum absolute atomic E-state index is 0.0305. The van der Waals surface area contributed by atoms with Crippen LogP contribution in [0.2, 0.25) is 0 Å². The number of unbranched alkanes of at least 4 members (excludes halogenated alkanes) is 2. The third-order valence-corrected chi connectivity index (χ3v) is 14.5. The number of pyridine rings is 1. The van der Waals surface area contributed by atoms with Gasteiger partial charge in [0.1, 0.15) is 35.5 Å². The Labute approximate surface area is 445 Å². The quantitative estimate of drug-likeness (QED) is 0.0486. The summed E-state index contributed by atoms with van der Waals surface area (Å²) in [4.78, 5) is 67.1. The Morgan fingerprint density at radius 2 is 1.64 bits per heavy atom. The first kappa shape index (κ1) is 56.8. The molecular formula is C54H56F6N8O6S2. The van der Waals surface area contributed by atoms with E-state index in [4.69, 9.17) is 21.7 Å². The lowest BCUT2D eigenvalue weighted by atomic mass is 9.85. The van der Waals surface area contributed by atoms with E-state index in [2.05, 4.69) is 20.6 Å². The second kappa shape index (κ2) is 23.1. The van der Waals surface area contributed by atoms with Gasteiger partial charge in [0.05, 0.1) is 57.9 Å². The van der Waals surface area contributed by atoms with Crippen molar-refractivity contribution in [3.05, 3.63) is 112 Å². The smallest absolute Gasteiger partial charge is 0.420 e. The lowest BCUT2D eigenvalue weighted by Gasteiger charge is -2.35. The summed E-state index contributed by atoms with van der Waals surface area (Å²) in [5.74, 6) is -5.80. The van der Waals surface area contributed by atoms with E-state index in [-0.39, 0.29) is 60.4 Å². The second-order valence-electron chi connectivity index (χ2n) is 20.1. The molecule has 0 spiro atoms. The largest absolute Gasteiger partial charge is 0.491 e. The molecule has 0 saturated carbocycles. The number of hydrogen-bond acceptors (Lipinski definition) is 11. The number of halogens is 6. The van der Waals surface area contributed by atoms with Crippen LogP contribution in [0.1, 0.15) is 102 Å². The van der Waals surface area contributed by atoms with Crippen LogP contribution in [0.3, 0.4) is 0 Å². The first-order valence-corrected chi connectivity index (χ1v) is 25.7. The van der Waals surface area contributed by atoms with Crippen LogP contribution in [0.5, 0.6) is 5.75 Å². The van der Waals surface area contributed by atoms with Crippen LogP contribution < -0.4 is 25.2 Å². The van der Waals surface area contributed by atoms with Gasteiger partial charge in [0, 0.05) is 24.8 Å². The molecule has 2 aromatic heterocycles. The van der Waals surface area contributed by atoms with Crippen molar-refractivity contribution in [3.8, 4) is 33.5 Å². The Morgan fingerprint density at radius 1 is 0.947 bits per heavy atom. The molecule has 3 aromatic carbocycles. The summed E-state index contributed by atoms with van der Waals surface area (Å²) in [6.07, 6.45) is -1.38. The van der Waals surface area contributed by atoms with Crippen molar-refractivity contribution in [2.45, 2.75) is 110 Å². The van der Waals surface area contributed by atoms with E-state index in [0.717, 1.165) is 57.1 Å². The van der Waals surface area contributed by atoms with Gasteiger partial charge in [-0.1, -0.05) is 45.0 Å². The molecule has 2 saturated heterocycles. The summed E-state index contributed by atoms with van der Waals surface area (Å²) in [5, 5.41) is 14.6. The van der Waals surface area contributed by atoms with Gasteiger partial charge in [-0.15, -0.1) is 11.3 Å². The summed E-state index contributed by atoms with van der Waals surface area (Å²) in [6.45, 7) is 12.5. The van der Waals surface area contributed by atoms with Gasteiger partial charge >= 0.3 is 6.18 Å². The maximum atomic E-state index is 15.8. The van der Waals surface area contributed by atoms with Gasteiger partial charge in [-0.2, -0.15) is 18.4 Å². The highest BCUT2D eigenvalue weighted by molar-refractivity contribution is 7.81. The van der Waals surface area contributed by atoms with Crippen LogP contribution in [-0.2, 0) is 30.1 Å². The molecule has 3 atom stereocenters. The highest BCUT2D eigenvalue weighted by Crippen LogP contribution is 2.43. The number of likely N-dealkylation sites (tertiary alicyclic amines) is 1. The number of thiocarbonyl (C=S) groups is 1. The first-order chi connectivity index (χ1) is 35.8. The summed E-state index contributed by atoms with van der Waals surface area (Å²) >= 11 is 7.00. The summed E-state index contributed by atoms with van der Waals surface area (Å²) in [5.41, 5.74) is -1.69. The van der Waals surface area contributed by atoms with E-state index < -0.39 is 80.4 Å². The Hall–Kier alpha value is -6.96. The van der Waals surface area contributed by atoms with Gasteiger partial charge in [0.25, 0.3) is 5.91 Å². The van der Waals surface area contributed by atoms with Crippen LogP contribution in [0.15, 0.2) is 72.4 Å². The van der Waals surface area contributed by atoms with Crippen LogP contribution in [-0.4, -0.2) is 87.6 Å². The molecule has 2 aliphatic heterocycles. The number of ether oxygens (including phenoxy) is 2. The van der Waals surface area contributed by atoms with E-state index in [1.54, 1.807) is 21.7 Å². The zero-order valence-electron chi connectivity index (χ0n) is 42.7. The van der Waals surface area contributed by atoms with Crippen molar-refractivity contribution in [3.63, 3.8) is 0 Å². The molecule has 14 nitrogen and oxygen atoms in total. The van der Waals surface area contributed by atoms with Crippen molar-refractivity contribution in [2.24, 2.45) is 5.41 Å². The van der Waals surface area contributed by atoms with Crippen LogP contribution in [0.4, 0.5) is 37.7 Å². The monoisotopic (exact) mass is 1090 g/mol. The maximum absolute atomic E-state index is 15.8. The normalized spacial score (nSPS) is 16.4. The number of aryl methyl sites for hydroxylation is 1. The fraction of sp³-hybridized carbons (Fsp3) is 0.407. The Kier molecular flexibility index (Phi) is 17.3. The van der Waals surface area contributed by atoms with Gasteiger partial charge in [0.2, 0.25) is 17.7 Å². The minimum atomic E-state index is -5.27.